The molecule has 0 aliphatic carbocycles. The fourth-order valence-corrected chi connectivity index (χ4v) is 1.26. The van der Waals surface area contributed by atoms with Gasteiger partial charge in [0.05, 0.1) is 0 Å². The summed E-state index contributed by atoms with van der Waals surface area (Å²) in [7, 11) is 0. The lowest BCUT2D eigenvalue weighted by Gasteiger charge is -1.99. The highest BCUT2D eigenvalue weighted by Gasteiger charge is 2.03. The average molecular weight is 193 g/mol. The second-order valence-electron chi connectivity index (χ2n) is 2.25. The lowest BCUT2D eigenvalue weighted by atomic mass is 10.4. The van der Waals surface area contributed by atoms with Gasteiger partial charge in [0, 0.05) is 24.5 Å². The first kappa shape index (κ1) is 9.31. The van der Waals surface area contributed by atoms with Gasteiger partial charge in [0.15, 0.2) is 0 Å². The largest absolute Gasteiger partial charge is 0.360 e. The predicted molar refractivity (Wildman–Crippen MR) is 43.8 cm³/mol. The molecule has 1 N–H and O–H groups in total. The minimum Gasteiger partial charge on any atom is -0.360 e. The number of alkyl halides is 2. The molecule has 12 heavy (non-hydrogen) atoms. The molecule has 0 fully saturated rings. The fourth-order valence-electron chi connectivity index (χ4n) is 0.657. The Kier molecular flexibility index (Phi) is 3.33. The molecule has 0 aliphatic rings. The molecule has 1 aromatic heterocycles. The van der Waals surface area contributed by atoms with Gasteiger partial charge < -0.3 is 5.32 Å². The molecule has 3 nitrogen and oxygen atoms in total. The maximum absolute atomic E-state index is 11.7. The number of anilines is 1. The van der Waals surface area contributed by atoms with Crippen LogP contribution in [0.1, 0.15) is 12.2 Å². The number of nitrogens with one attached hydrogen (secondary N) is 1. The molecule has 68 valence electrons. The maximum Gasteiger partial charge on any atom is 0.240 e. The lowest BCUT2D eigenvalue weighted by molar-refractivity contribution is 0.142. The van der Waals surface area contributed by atoms with Gasteiger partial charge in [-0.3, -0.25) is 0 Å². The zero-order valence-electron chi connectivity index (χ0n) is 6.55. The van der Waals surface area contributed by atoms with Gasteiger partial charge in [0.1, 0.15) is 5.82 Å². The van der Waals surface area contributed by atoms with E-state index in [0.29, 0.717) is 11.0 Å². The summed E-state index contributed by atoms with van der Waals surface area (Å²) in [5.41, 5.74) is 0. The number of halogens is 2. The van der Waals surface area contributed by atoms with E-state index >= 15 is 0 Å². The standard InChI is InChI=1S/C6H9F2N3S/c1-4-10-6(12-11-4)9-3-2-5(7)8/h5H,2-3H2,1H3,(H,9,10,11). The van der Waals surface area contributed by atoms with Gasteiger partial charge in [-0.1, -0.05) is 0 Å². The highest BCUT2D eigenvalue weighted by atomic mass is 32.1. The smallest absolute Gasteiger partial charge is 0.240 e. The molecule has 0 aromatic carbocycles. The highest BCUT2D eigenvalue weighted by molar-refractivity contribution is 7.09. The van der Waals surface area contributed by atoms with Crippen molar-refractivity contribution in [2.24, 2.45) is 0 Å². The van der Waals surface area contributed by atoms with Crippen LogP contribution in [0.15, 0.2) is 0 Å². The summed E-state index contributed by atoms with van der Waals surface area (Å²) in [6.45, 7) is 2.00. The predicted octanol–water partition coefficient (Wildman–Crippen LogP) is 1.91. The third kappa shape index (κ3) is 3.08. The number of nitrogens with zero attached hydrogens (tertiary/aromatic N) is 2. The summed E-state index contributed by atoms with van der Waals surface area (Å²) >= 11 is 1.18. The summed E-state index contributed by atoms with van der Waals surface area (Å²) in [5, 5.41) is 3.37. The van der Waals surface area contributed by atoms with Crippen molar-refractivity contribution in [2.75, 3.05) is 11.9 Å². The minimum atomic E-state index is -2.26. The molecule has 6 heteroatoms. The Hall–Kier alpha value is -0.780. The molecule has 1 rings (SSSR count). The van der Waals surface area contributed by atoms with Gasteiger partial charge in [-0.2, -0.15) is 4.37 Å². The second-order valence-corrected chi connectivity index (χ2v) is 3.01. The van der Waals surface area contributed by atoms with Crippen LogP contribution in [-0.2, 0) is 0 Å². The van der Waals surface area contributed by atoms with Gasteiger partial charge in [0.2, 0.25) is 11.6 Å². The molecular weight excluding hydrogens is 184 g/mol. The van der Waals surface area contributed by atoms with Crippen molar-refractivity contribution in [1.82, 2.24) is 9.36 Å². The van der Waals surface area contributed by atoms with E-state index in [1.54, 1.807) is 6.92 Å². The van der Waals surface area contributed by atoms with Gasteiger partial charge in [0.25, 0.3) is 0 Å². The SMILES string of the molecule is Cc1nsc(NCCC(F)F)n1. The van der Waals surface area contributed by atoms with E-state index in [4.69, 9.17) is 0 Å². The minimum absolute atomic E-state index is 0.154. The zero-order valence-corrected chi connectivity index (χ0v) is 7.37. The molecule has 0 saturated heterocycles. The van der Waals surface area contributed by atoms with Crippen molar-refractivity contribution in [3.8, 4) is 0 Å². The first-order valence-electron chi connectivity index (χ1n) is 3.51. The topological polar surface area (TPSA) is 37.8 Å². The summed E-state index contributed by atoms with van der Waals surface area (Å²) < 4.78 is 27.2. The fraction of sp³-hybridized carbons (Fsp3) is 0.667. The van der Waals surface area contributed by atoms with Crippen LogP contribution in [0.5, 0.6) is 0 Å². The number of aryl methyl sites for hydroxylation is 1. The lowest BCUT2D eigenvalue weighted by Crippen LogP contribution is -2.05. The van der Waals surface area contributed by atoms with Crippen LogP contribution in [-0.4, -0.2) is 22.3 Å². The van der Waals surface area contributed by atoms with Crippen molar-refractivity contribution in [2.45, 2.75) is 19.8 Å². The monoisotopic (exact) mass is 193 g/mol. The number of hydrogen-bond donors (Lipinski definition) is 1. The molecule has 0 atom stereocenters. The Balaban J connectivity index is 2.24. The van der Waals surface area contributed by atoms with Crippen LogP contribution in [0.3, 0.4) is 0 Å². The number of rotatable bonds is 4. The molecule has 0 saturated carbocycles. The van der Waals surface area contributed by atoms with E-state index in [2.05, 4.69) is 14.7 Å². The van der Waals surface area contributed by atoms with Crippen molar-refractivity contribution >= 4 is 16.7 Å². The molecule has 0 bridgehead atoms. The van der Waals surface area contributed by atoms with Gasteiger partial charge in [-0.05, 0) is 6.92 Å². The third-order valence-electron chi connectivity index (χ3n) is 1.17. The summed E-state index contributed by atoms with van der Waals surface area (Å²) in [6, 6.07) is 0. The summed E-state index contributed by atoms with van der Waals surface area (Å²) in [4.78, 5) is 3.96. The van der Waals surface area contributed by atoms with Crippen LogP contribution in [0.2, 0.25) is 0 Å². The van der Waals surface area contributed by atoms with Gasteiger partial charge in [-0.25, -0.2) is 13.8 Å². The van der Waals surface area contributed by atoms with E-state index in [1.807, 2.05) is 0 Å². The van der Waals surface area contributed by atoms with E-state index < -0.39 is 6.43 Å². The van der Waals surface area contributed by atoms with E-state index in [9.17, 15) is 8.78 Å². The van der Waals surface area contributed by atoms with Gasteiger partial charge in [-0.15, -0.1) is 0 Å². The summed E-state index contributed by atoms with van der Waals surface area (Å²) in [6.07, 6.45) is -2.41. The molecule has 1 aromatic rings. The van der Waals surface area contributed by atoms with E-state index in [-0.39, 0.29) is 13.0 Å². The molecule has 1 heterocycles. The molecule has 0 spiro atoms. The quantitative estimate of drug-likeness (QED) is 0.793. The molecule has 0 unspecified atom stereocenters. The van der Waals surface area contributed by atoms with E-state index in [0.717, 1.165) is 0 Å². The molecule has 0 radical (unpaired) electrons. The Morgan fingerprint density at radius 1 is 1.58 bits per heavy atom. The van der Waals surface area contributed by atoms with Gasteiger partial charge >= 0.3 is 0 Å². The van der Waals surface area contributed by atoms with Crippen molar-refractivity contribution in [3.63, 3.8) is 0 Å². The van der Waals surface area contributed by atoms with Crippen molar-refractivity contribution < 1.29 is 8.78 Å². The van der Waals surface area contributed by atoms with Crippen LogP contribution in [0.25, 0.3) is 0 Å². The summed E-state index contributed by atoms with van der Waals surface area (Å²) in [5.74, 6) is 0.666. The molecular formula is C6H9F2N3S. The van der Waals surface area contributed by atoms with Crippen LogP contribution < -0.4 is 5.32 Å². The Bertz CT molecular complexity index is 238. The van der Waals surface area contributed by atoms with Crippen molar-refractivity contribution in [3.05, 3.63) is 5.82 Å². The highest BCUT2D eigenvalue weighted by Crippen LogP contribution is 2.10. The first-order valence-corrected chi connectivity index (χ1v) is 4.28. The van der Waals surface area contributed by atoms with Crippen molar-refractivity contribution in [1.29, 1.82) is 0 Å². The second kappa shape index (κ2) is 4.30. The van der Waals surface area contributed by atoms with Crippen LogP contribution >= 0.6 is 11.5 Å². The maximum atomic E-state index is 11.7. The first-order chi connectivity index (χ1) is 5.68. The third-order valence-corrected chi connectivity index (χ3v) is 1.93. The Morgan fingerprint density at radius 2 is 2.33 bits per heavy atom. The molecule has 0 aliphatic heterocycles. The molecule has 0 amide bonds. The Labute approximate surface area is 73.0 Å². The van der Waals surface area contributed by atoms with Crippen LogP contribution in [0.4, 0.5) is 13.9 Å². The number of hydrogen-bond acceptors (Lipinski definition) is 4. The average Bonchev–Trinajstić information content (AvgIpc) is 2.35. The zero-order chi connectivity index (χ0) is 8.97. The number of aromatic nitrogens is 2. The van der Waals surface area contributed by atoms with E-state index in [1.165, 1.54) is 11.5 Å². The normalized spacial score (nSPS) is 10.7. The Morgan fingerprint density at radius 3 is 2.83 bits per heavy atom. The van der Waals surface area contributed by atoms with Crippen LogP contribution in [0, 0.1) is 6.92 Å².